The third kappa shape index (κ3) is 3.74. The average Bonchev–Trinajstić information content (AvgIpc) is 2.21. The van der Waals surface area contributed by atoms with E-state index in [1.54, 1.807) is 0 Å². The summed E-state index contributed by atoms with van der Waals surface area (Å²) in [4.78, 5) is 2.38. The van der Waals surface area contributed by atoms with Gasteiger partial charge >= 0.3 is 0 Å². The number of hydrogen-bond acceptors (Lipinski definition) is 2. The lowest BCUT2D eigenvalue weighted by atomic mass is 9.87. The Morgan fingerprint density at radius 2 is 1.88 bits per heavy atom. The predicted molar refractivity (Wildman–Crippen MR) is 76.0 cm³/mol. The van der Waals surface area contributed by atoms with Gasteiger partial charge in [0, 0.05) is 18.3 Å². The maximum absolute atomic E-state index is 5.94. The van der Waals surface area contributed by atoms with Crippen LogP contribution >= 0.6 is 0 Å². The fourth-order valence-electron chi connectivity index (χ4n) is 1.87. The molecule has 0 spiro atoms. The van der Waals surface area contributed by atoms with Crippen LogP contribution in [0.3, 0.4) is 0 Å². The average molecular weight is 234 g/mol. The standard InChI is InChI=1S/C15H26N2/c1-11-7-8-13(9-14(11)16)10-17(6)12(2)15(3,4)5/h7-9,12H,10,16H2,1-6H3. The summed E-state index contributed by atoms with van der Waals surface area (Å²) in [5.41, 5.74) is 9.56. The van der Waals surface area contributed by atoms with Crippen molar-refractivity contribution in [2.75, 3.05) is 12.8 Å². The number of nitrogen functional groups attached to an aromatic ring is 1. The zero-order valence-corrected chi connectivity index (χ0v) is 12.0. The van der Waals surface area contributed by atoms with Crippen molar-refractivity contribution >= 4 is 5.69 Å². The van der Waals surface area contributed by atoms with Crippen LogP contribution in [0.25, 0.3) is 0 Å². The van der Waals surface area contributed by atoms with Crippen molar-refractivity contribution in [3.05, 3.63) is 29.3 Å². The molecule has 1 unspecified atom stereocenters. The van der Waals surface area contributed by atoms with Crippen LogP contribution in [0.15, 0.2) is 18.2 Å². The van der Waals surface area contributed by atoms with Crippen LogP contribution in [0, 0.1) is 12.3 Å². The van der Waals surface area contributed by atoms with E-state index in [4.69, 9.17) is 5.73 Å². The molecule has 17 heavy (non-hydrogen) atoms. The molecule has 96 valence electrons. The Bertz CT molecular complexity index is 377. The van der Waals surface area contributed by atoms with Crippen molar-refractivity contribution in [3.8, 4) is 0 Å². The Kier molecular flexibility index (Phi) is 4.21. The summed E-state index contributed by atoms with van der Waals surface area (Å²) < 4.78 is 0. The lowest BCUT2D eigenvalue weighted by Gasteiger charge is -2.35. The molecule has 2 nitrogen and oxygen atoms in total. The summed E-state index contributed by atoms with van der Waals surface area (Å²) in [5, 5.41) is 0. The molecule has 2 heteroatoms. The fourth-order valence-corrected chi connectivity index (χ4v) is 1.87. The van der Waals surface area contributed by atoms with Crippen LogP contribution in [0.1, 0.15) is 38.8 Å². The Morgan fingerprint density at radius 1 is 1.29 bits per heavy atom. The van der Waals surface area contributed by atoms with Crippen molar-refractivity contribution in [2.24, 2.45) is 5.41 Å². The van der Waals surface area contributed by atoms with Gasteiger partial charge in [-0.2, -0.15) is 0 Å². The van der Waals surface area contributed by atoms with Crippen LogP contribution in [0.4, 0.5) is 5.69 Å². The predicted octanol–water partition coefficient (Wildman–Crippen LogP) is 3.44. The van der Waals surface area contributed by atoms with Crippen molar-refractivity contribution in [1.29, 1.82) is 0 Å². The van der Waals surface area contributed by atoms with Gasteiger partial charge in [0.2, 0.25) is 0 Å². The maximum Gasteiger partial charge on any atom is 0.0346 e. The highest BCUT2D eigenvalue weighted by molar-refractivity contribution is 5.48. The largest absolute Gasteiger partial charge is 0.399 e. The van der Waals surface area contributed by atoms with Crippen molar-refractivity contribution in [2.45, 2.75) is 47.2 Å². The van der Waals surface area contributed by atoms with Crippen LogP contribution in [-0.4, -0.2) is 18.0 Å². The minimum Gasteiger partial charge on any atom is -0.399 e. The van der Waals surface area contributed by atoms with E-state index in [-0.39, 0.29) is 0 Å². The number of nitrogens with two attached hydrogens (primary N) is 1. The van der Waals surface area contributed by atoms with Crippen LogP contribution in [-0.2, 0) is 6.54 Å². The van der Waals surface area contributed by atoms with Gasteiger partial charge in [0.15, 0.2) is 0 Å². The third-order valence-electron chi connectivity index (χ3n) is 3.69. The molecule has 0 amide bonds. The molecule has 1 atom stereocenters. The van der Waals surface area contributed by atoms with Crippen LogP contribution in [0.5, 0.6) is 0 Å². The summed E-state index contributed by atoms with van der Waals surface area (Å²) in [6.45, 7) is 12.1. The first-order valence-electron chi connectivity index (χ1n) is 6.27. The molecule has 0 fully saturated rings. The molecule has 0 saturated heterocycles. The lowest BCUT2D eigenvalue weighted by Crippen LogP contribution is -2.38. The van der Waals surface area contributed by atoms with E-state index >= 15 is 0 Å². The van der Waals surface area contributed by atoms with E-state index in [1.165, 1.54) is 5.56 Å². The second-order valence-electron chi connectivity index (χ2n) is 6.15. The first-order valence-corrected chi connectivity index (χ1v) is 6.27. The van der Waals surface area contributed by atoms with E-state index in [1.807, 2.05) is 6.92 Å². The van der Waals surface area contributed by atoms with Crippen LogP contribution in [0.2, 0.25) is 0 Å². The van der Waals surface area contributed by atoms with E-state index in [2.05, 4.69) is 57.8 Å². The van der Waals surface area contributed by atoms with Crippen molar-refractivity contribution in [3.63, 3.8) is 0 Å². The van der Waals surface area contributed by atoms with Gasteiger partial charge in [0.05, 0.1) is 0 Å². The zero-order chi connectivity index (χ0) is 13.2. The molecular formula is C15H26N2. The summed E-state index contributed by atoms with van der Waals surface area (Å²) in [6, 6.07) is 6.88. The fraction of sp³-hybridized carbons (Fsp3) is 0.600. The zero-order valence-electron chi connectivity index (χ0n) is 12.0. The molecule has 0 heterocycles. The van der Waals surface area contributed by atoms with Crippen LogP contribution < -0.4 is 5.73 Å². The smallest absolute Gasteiger partial charge is 0.0346 e. The van der Waals surface area contributed by atoms with Gasteiger partial charge in [0.25, 0.3) is 0 Å². The Morgan fingerprint density at radius 3 is 2.35 bits per heavy atom. The molecule has 1 rings (SSSR count). The molecule has 0 radical (unpaired) electrons. The molecular weight excluding hydrogens is 208 g/mol. The van der Waals surface area contributed by atoms with E-state index in [0.29, 0.717) is 11.5 Å². The summed E-state index contributed by atoms with van der Waals surface area (Å²) in [5.74, 6) is 0. The van der Waals surface area contributed by atoms with Gasteiger partial charge in [0.1, 0.15) is 0 Å². The van der Waals surface area contributed by atoms with E-state index < -0.39 is 0 Å². The number of aryl methyl sites for hydroxylation is 1. The molecule has 1 aromatic carbocycles. The van der Waals surface area contributed by atoms with Gasteiger partial charge in [-0.3, -0.25) is 4.90 Å². The lowest BCUT2D eigenvalue weighted by molar-refractivity contribution is 0.134. The molecule has 0 aliphatic heterocycles. The molecule has 0 aliphatic carbocycles. The number of anilines is 1. The summed E-state index contributed by atoms with van der Waals surface area (Å²) in [7, 11) is 2.17. The highest BCUT2D eigenvalue weighted by Gasteiger charge is 2.23. The highest BCUT2D eigenvalue weighted by Crippen LogP contribution is 2.24. The molecule has 0 bridgehead atoms. The van der Waals surface area contributed by atoms with E-state index in [9.17, 15) is 0 Å². The summed E-state index contributed by atoms with van der Waals surface area (Å²) in [6.07, 6.45) is 0. The van der Waals surface area contributed by atoms with Gasteiger partial charge < -0.3 is 5.73 Å². The minimum atomic E-state index is 0.297. The van der Waals surface area contributed by atoms with Gasteiger partial charge in [-0.15, -0.1) is 0 Å². The number of nitrogens with zero attached hydrogens (tertiary/aromatic N) is 1. The molecule has 1 aromatic rings. The van der Waals surface area contributed by atoms with E-state index in [0.717, 1.165) is 17.8 Å². The Labute approximate surface area is 106 Å². The molecule has 0 saturated carbocycles. The van der Waals surface area contributed by atoms with Gasteiger partial charge in [-0.25, -0.2) is 0 Å². The first kappa shape index (κ1) is 14.0. The van der Waals surface area contributed by atoms with Crippen molar-refractivity contribution < 1.29 is 0 Å². The monoisotopic (exact) mass is 234 g/mol. The first-order chi connectivity index (χ1) is 7.71. The third-order valence-corrected chi connectivity index (χ3v) is 3.69. The normalized spacial score (nSPS) is 14.1. The van der Waals surface area contributed by atoms with Gasteiger partial charge in [-0.1, -0.05) is 32.9 Å². The Balaban J connectivity index is 2.74. The maximum atomic E-state index is 5.94. The van der Waals surface area contributed by atoms with Gasteiger partial charge in [-0.05, 0) is 43.5 Å². The summed E-state index contributed by atoms with van der Waals surface area (Å²) >= 11 is 0. The highest BCUT2D eigenvalue weighted by atomic mass is 15.1. The quantitative estimate of drug-likeness (QED) is 0.812. The number of rotatable bonds is 3. The molecule has 0 aliphatic rings. The molecule has 2 N–H and O–H groups in total. The minimum absolute atomic E-state index is 0.297. The second kappa shape index (κ2) is 5.09. The van der Waals surface area contributed by atoms with Crippen molar-refractivity contribution in [1.82, 2.24) is 4.90 Å². The number of benzene rings is 1. The topological polar surface area (TPSA) is 29.3 Å². The second-order valence-corrected chi connectivity index (χ2v) is 6.15. The SMILES string of the molecule is Cc1ccc(CN(C)C(C)C(C)(C)C)cc1N. The molecule has 0 aromatic heterocycles. The Hall–Kier alpha value is -1.02. The number of hydrogen-bond donors (Lipinski definition) is 1.